The Kier molecular flexibility index (Phi) is 8.36. The minimum absolute atomic E-state index is 0.0215. The molecule has 1 aromatic carbocycles. The number of nitrogens with zero attached hydrogens (tertiary/aromatic N) is 3. The van der Waals surface area contributed by atoms with Crippen molar-refractivity contribution in [2.45, 2.75) is 57.3 Å². The number of ether oxygens (including phenoxy) is 1. The fraction of sp³-hybridized carbons (Fsp3) is 0.571. The molecule has 3 atom stereocenters. The van der Waals surface area contributed by atoms with Crippen LogP contribution in [0.15, 0.2) is 41.8 Å². The molecule has 8 heteroatoms. The average Bonchev–Trinajstić information content (AvgIpc) is 3.64. The highest BCUT2D eigenvalue weighted by Gasteiger charge is 2.44. The van der Waals surface area contributed by atoms with Gasteiger partial charge < -0.3 is 19.9 Å². The summed E-state index contributed by atoms with van der Waals surface area (Å²) in [5.74, 6) is 0.0748. The summed E-state index contributed by atoms with van der Waals surface area (Å²) in [5.41, 5.74) is 2.56. The smallest absolute Gasteiger partial charge is 0.264 e. The molecule has 7 nitrogen and oxygen atoms in total. The highest BCUT2D eigenvalue weighted by Crippen LogP contribution is 2.30. The van der Waals surface area contributed by atoms with E-state index in [0.29, 0.717) is 24.4 Å². The number of carbonyl (C=O) groups excluding carboxylic acids is 2. The Morgan fingerprint density at radius 1 is 1.14 bits per heavy atom. The molecule has 36 heavy (non-hydrogen) atoms. The maximum absolute atomic E-state index is 13.8. The fourth-order valence-corrected chi connectivity index (χ4v) is 6.43. The Balaban J connectivity index is 1.40. The molecule has 5 rings (SSSR count). The third kappa shape index (κ3) is 5.83. The molecule has 3 unspecified atom stereocenters. The molecule has 2 amide bonds. The van der Waals surface area contributed by atoms with E-state index in [9.17, 15) is 9.59 Å². The number of aryl methyl sites for hydroxylation is 1. The largest absolute Gasteiger partial charge is 0.377 e. The Bertz CT molecular complexity index is 1020. The van der Waals surface area contributed by atoms with Crippen molar-refractivity contribution in [3.8, 4) is 0 Å². The summed E-state index contributed by atoms with van der Waals surface area (Å²) in [6.07, 6.45) is 3.98. The van der Waals surface area contributed by atoms with Crippen LogP contribution in [0.1, 0.15) is 46.5 Å². The first-order valence-electron chi connectivity index (χ1n) is 13.3. The number of thiophene rings is 1. The van der Waals surface area contributed by atoms with Crippen molar-refractivity contribution in [3.63, 3.8) is 0 Å². The quantitative estimate of drug-likeness (QED) is 0.620. The number of amides is 2. The van der Waals surface area contributed by atoms with Gasteiger partial charge in [0.1, 0.15) is 6.04 Å². The summed E-state index contributed by atoms with van der Waals surface area (Å²) < 4.78 is 6.02. The SMILES string of the molecule is Cc1ccccc1CN(CC1CCCO1)C1CC(C(=O)N2CCCNCC2)N(C(=O)c2cccs2)C1. The first-order chi connectivity index (χ1) is 17.6. The van der Waals surface area contributed by atoms with Crippen LogP contribution in [0, 0.1) is 6.92 Å². The van der Waals surface area contributed by atoms with Gasteiger partial charge in [-0.3, -0.25) is 14.5 Å². The van der Waals surface area contributed by atoms with Crippen LogP contribution in [0.2, 0.25) is 0 Å². The van der Waals surface area contributed by atoms with E-state index in [2.05, 4.69) is 41.4 Å². The lowest BCUT2D eigenvalue weighted by molar-refractivity contribution is -0.135. The molecule has 0 bridgehead atoms. The van der Waals surface area contributed by atoms with Crippen LogP contribution >= 0.6 is 11.3 Å². The molecule has 2 aromatic rings. The van der Waals surface area contributed by atoms with Gasteiger partial charge in [0.25, 0.3) is 5.91 Å². The first kappa shape index (κ1) is 25.4. The van der Waals surface area contributed by atoms with Gasteiger partial charge >= 0.3 is 0 Å². The molecule has 0 saturated carbocycles. The van der Waals surface area contributed by atoms with E-state index in [1.54, 1.807) is 0 Å². The second kappa shape index (κ2) is 11.9. The van der Waals surface area contributed by atoms with Gasteiger partial charge in [-0.15, -0.1) is 11.3 Å². The van der Waals surface area contributed by atoms with E-state index in [4.69, 9.17) is 4.74 Å². The maximum Gasteiger partial charge on any atom is 0.264 e. The summed E-state index contributed by atoms with van der Waals surface area (Å²) in [4.78, 5) is 34.4. The monoisotopic (exact) mass is 510 g/mol. The van der Waals surface area contributed by atoms with Crippen LogP contribution in [0.5, 0.6) is 0 Å². The number of hydrogen-bond acceptors (Lipinski definition) is 6. The molecule has 0 spiro atoms. The van der Waals surface area contributed by atoms with Crippen LogP contribution in [0.4, 0.5) is 0 Å². The predicted octanol–water partition coefficient (Wildman–Crippen LogP) is 3.14. The lowest BCUT2D eigenvalue weighted by Gasteiger charge is -2.31. The summed E-state index contributed by atoms with van der Waals surface area (Å²) in [6.45, 7) is 8.35. The second-order valence-corrected chi connectivity index (χ2v) is 11.2. The highest BCUT2D eigenvalue weighted by atomic mass is 32.1. The highest BCUT2D eigenvalue weighted by molar-refractivity contribution is 7.12. The number of rotatable bonds is 7. The Hall–Kier alpha value is -2.26. The zero-order valence-corrected chi connectivity index (χ0v) is 22.0. The fourth-order valence-electron chi connectivity index (χ4n) is 5.75. The van der Waals surface area contributed by atoms with Crippen molar-refractivity contribution in [3.05, 3.63) is 57.8 Å². The summed E-state index contributed by atoms with van der Waals surface area (Å²) in [6, 6.07) is 12.0. The van der Waals surface area contributed by atoms with Gasteiger partial charge in [0.15, 0.2) is 0 Å². The van der Waals surface area contributed by atoms with E-state index < -0.39 is 6.04 Å². The van der Waals surface area contributed by atoms with Crippen molar-refractivity contribution in [2.75, 3.05) is 45.9 Å². The van der Waals surface area contributed by atoms with Gasteiger partial charge in [0.05, 0.1) is 11.0 Å². The van der Waals surface area contributed by atoms with Gasteiger partial charge in [-0.2, -0.15) is 0 Å². The molecule has 3 aliphatic rings. The number of nitrogens with one attached hydrogen (secondary N) is 1. The lowest BCUT2D eigenvalue weighted by atomic mass is 10.0. The van der Waals surface area contributed by atoms with E-state index >= 15 is 0 Å². The number of hydrogen-bond donors (Lipinski definition) is 1. The molecule has 194 valence electrons. The van der Waals surface area contributed by atoms with Gasteiger partial charge in [0.2, 0.25) is 5.91 Å². The molecular weight excluding hydrogens is 472 g/mol. The molecule has 3 saturated heterocycles. The average molecular weight is 511 g/mol. The van der Waals surface area contributed by atoms with E-state index in [1.165, 1.54) is 22.5 Å². The Morgan fingerprint density at radius 2 is 2.03 bits per heavy atom. The van der Waals surface area contributed by atoms with Gasteiger partial charge in [-0.1, -0.05) is 30.3 Å². The number of carbonyl (C=O) groups is 2. The zero-order chi connectivity index (χ0) is 24.9. The number of benzene rings is 1. The van der Waals surface area contributed by atoms with Crippen LogP contribution < -0.4 is 5.32 Å². The van der Waals surface area contributed by atoms with Gasteiger partial charge in [0, 0.05) is 51.9 Å². The van der Waals surface area contributed by atoms with Crippen molar-refractivity contribution < 1.29 is 14.3 Å². The third-order valence-corrected chi connectivity index (χ3v) is 8.68. The molecule has 0 radical (unpaired) electrons. The van der Waals surface area contributed by atoms with Crippen LogP contribution in [0.3, 0.4) is 0 Å². The van der Waals surface area contributed by atoms with Crippen molar-refractivity contribution >= 4 is 23.2 Å². The van der Waals surface area contributed by atoms with Crippen LogP contribution in [-0.2, 0) is 16.1 Å². The maximum atomic E-state index is 13.8. The van der Waals surface area contributed by atoms with Crippen molar-refractivity contribution in [1.82, 2.24) is 20.0 Å². The molecule has 4 heterocycles. The molecule has 1 aromatic heterocycles. The Labute approximate surface area is 218 Å². The van der Waals surface area contributed by atoms with Gasteiger partial charge in [-0.05, 0) is 61.7 Å². The van der Waals surface area contributed by atoms with E-state index in [-0.39, 0.29) is 24.0 Å². The molecule has 0 aliphatic carbocycles. The summed E-state index contributed by atoms with van der Waals surface area (Å²) in [7, 11) is 0. The predicted molar refractivity (Wildman–Crippen MR) is 142 cm³/mol. The molecular formula is C28H38N4O3S. The van der Waals surface area contributed by atoms with Crippen LogP contribution in [0.25, 0.3) is 0 Å². The third-order valence-electron chi connectivity index (χ3n) is 7.82. The normalized spacial score (nSPS) is 24.9. The molecule has 3 aliphatic heterocycles. The molecule has 3 fully saturated rings. The first-order valence-corrected chi connectivity index (χ1v) is 14.2. The van der Waals surface area contributed by atoms with Crippen molar-refractivity contribution in [2.24, 2.45) is 0 Å². The van der Waals surface area contributed by atoms with E-state index in [0.717, 1.165) is 58.6 Å². The van der Waals surface area contributed by atoms with E-state index in [1.807, 2.05) is 27.3 Å². The van der Waals surface area contributed by atoms with Crippen molar-refractivity contribution in [1.29, 1.82) is 0 Å². The molecule has 1 N–H and O–H groups in total. The summed E-state index contributed by atoms with van der Waals surface area (Å²) in [5, 5.41) is 5.31. The lowest BCUT2D eigenvalue weighted by Crippen LogP contribution is -2.48. The zero-order valence-electron chi connectivity index (χ0n) is 21.2. The summed E-state index contributed by atoms with van der Waals surface area (Å²) >= 11 is 1.45. The van der Waals surface area contributed by atoms with Crippen LogP contribution in [-0.4, -0.2) is 90.6 Å². The number of likely N-dealkylation sites (tertiary alicyclic amines) is 1. The minimum atomic E-state index is -0.424. The topological polar surface area (TPSA) is 65.1 Å². The van der Waals surface area contributed by atoms with Gasteiger partial charge in [-0.25, -0.2) is 0 Å². The minimum Gasteiger partial charge on any atom is -0.377 e. The Morgan fingerprint density at radius 3 is 2.81 bits per heavy atom. The second-order valence-electron chi connectivity index (χ2n) is 10.3. The standard InChI is InChI=1S/C28H38N4O3S/c1-21-7-2-3-8-22(21)18-31(20-24-9-4-15-35-24)23-17-25(27(33)30-13-6-11-29-12-14-30)32(19-23)28(34)26-10-5-16-36-26/h2-3,5,7-8,10,16,23-25,29H,4,6,9,11-15,17-20H2,1H3.